The quantitative estimate of drug-likeness (QED) is 0.802. The van der Waals surface area contributed by atoms with Gasteiger partial charge in [0.1, 0.15) is 0 Å². The van der Waals surface area contributed by atoms with Crippen molar-refractivity contribution in [1.29, 1.82) is 0 Å². The molecule has 0 amide bonds. The van der Waals surface area contributed by atoms with E-state index in [2.05, 4.69) is 49.9 Å². The third-order valence-electron chi connectivity index (χ3n) is 4.09. The van der Waals surface area contributed by atoms with E-state index in [0.29, 0.717) is 5.92 Å². The molecule has 0 heterocycles. The second kappa shape index (κ2) is 8.09. The van der Waals surface area contributed by atoms with Gasteiger partial charge in [-0.15, -0.1) is 0 Å². The molecule has 0 radical (unpaired) electrons. The van der Waals surface area contributed by atoms with Crippen LogP contribution in [0.5, 0.6) is 0 Å². The van der Waals surface area contributed by atoms with E-state index in [9.17, 15) is 0 Å². The zero-order valence-corrected chi connectivity index (χ0v) is 13.8. The fourth-order valence-electron chi connectivity index (χ4n) is 2.99. The Hall–Kier alpha value is -0.470. The molecule has 0 spiro atoms. The second-order valence-electron chi connectivity index (χ2n) is 6.54. The molecule has 0 aliphatic heterocycles. The Bertz CT molecular complexity index is 396. The molecule has 2 N–H and O–H groups in total. The third kappa shape index (κ3) is 5.14. The van der Waals surface area contributed by atoms with E-state index in [1.165, 1.54) is 43.2 Å². The minimum absolute atomic E-state index is 0.189. The van der Waals surface area contributed by atoms with E-state index in [4.69, 9.17) is 5.73 Å². The van der Waals surface area contributed by atoms with E-state index < -0.39 is 0 Å². The van der Waals surface area contributed by atoms with Crippen molar-refractivity contribution in [3.05, 3.63) is 35.4 Å². The van der Waals surface area contributed by atoms with Gasteiger partial charge in [-0.3, -0.25) is 0 Å². The van der Waals surface area contributed by atoms with Gasteiger partial charge in [-0.2, -0.15) is 11.8 Å². The molecule has 112 valence electrons. The van der Waals surface area contributed by atoms with Crippen molar-refractivity contribution in [2.75, 3.05) is 5.75 Å². The van der Waals surface area contributed by atoms with Crippen LogP contribution in [0.15, 0.2) is 24.3 Å². The van der Waals surface area contributed by atoms with Crippen LogP contribution in [-0.4, -0.2) is 11.0 Å². The van der Waals surface area contributed by atoms with Gasteiger partial charge in [0.15, 0.2) is 0 Å². The Labute approximate surface area is 128 Å². The smallest absolute Gasteiger partial charge is 0.0386 e. The molecule has 1 aromatic rings. The molecule has 1 aliphatic carbocycles. The van der Waals surface area contributed by atoms with Crippen molar-refractivity contribution < 1.29 is 0 Å². The predicted molar refractivity (Wildman–Crippen MR) is 91.2 cm³/mol. The van der Waals surface area contributed by atoms with Crippen molar-refractivity contribution in [3.8, 4) is 0 Å². The number of hydrogen-bond acceptors (Lipinski definition) is 2. The van der Waals surface area contributed by atoms with Gasteiger partial charge in [0.05, 0.1) is 0 Å². The lowest BCUT2D eigenvalue weighted by atomic mass is 9.99. The highest BCUT2D eigenvalue weighted by molar-refractivity contribution is 7.99. The molecular formula is C18H29NS. The molecule has 1 nitrogen and oxygen atoms in total. The first kappa shape index (κ1) is 15.9. The normalized spacial score (nSPS) is 18.4. The highest BCUT2D eigenvalue weighted by atomic mass is 32.2. The molecule has 1 fully saturated rings. The van der Waals surface area contributed by atoms with Gasteiger partial charge in [0.2, 0.25) is 0 Å². The molecule has 0 saturated heterocycles. The zero-order chi connectivity index (χ0) is 14.4. The molecule has 0 bridgehead atoms. The van der Waals surface area contributed by atoms with Crippen LogP contribution in [0.2, 0.25) is 0 Å². The van der Waals surface area contributed by atoms with Crippen LogP contribution in [0.25, 0.3) is 0 Å². The molecule has 1 saturated carbocycles. The van der Waals surface area contributed by atoms with Gasteiger partial charge in [-0.25, -0.2) is 0 Å². The Morgan fingerprint density at radius 1 is 1.20 bits per heavy atom. The topological polar surface area (TPSA) is 26.0 Å². The molecule has 1 aliphatic rings. The first-order valence-corrected chi connectivity index (χ1v) is 9.16. The third-order valence-corrected chi connectivity index (χ3v) is 5.58. The van der Waals surface area contributed by atoms with Crippen molar-refractivity contribution in [2.24, 2.45) is 11.7 Å². The van der Waals surface area contributed by atoms with Crippen LogP contribution < -0.4 is 5.73 Å². The van der Waals surface area contributed by atoms with Gasteiger partial charge in [0.25, 0.3) is 0 Å². The average Bonchev–Trinajstić information content (AvgIpc) is 2.45. The Balaban J connectivity index is 1.86. The van der Waals surface area contributed by atoms with E-state index in [1.54, 1.807) is 0 Å². The maximum Gasteiger partial charge on any atom is 0.0386 e. The summed E-state index contributed by atoms with van der Waals surface area (Å²) in [7, 11) is 0. The van der Waals surface area contributed by atoms with Crippen LogP contribution in [0, 0.1) is 5.92 Å². The molecular weight excluding hydrogens is 262 g/mol. The Morgan fingerprint density at radius 3 is 2.65 bits per heavy atom. The maximum absolute atomic E-state index is 6.39. The van der Waals surface area contributed by atoms with Crippen molar-refractivity contribution >= 4 is 11.8 Å². The van der Waals surface area contributed by atoms with E-state index >= 15 is 0 Å². The molecule has 20 heavy (non-hydrogen) atoms. The second-order valence-corrected chi connectivity index (χ2v) is 7.88. The average molecular weight is 292 g/mol. The minimum atomic E-state index is 0.189. The summed E-state index contributed by atoms with van der Waals surface area (Å²) in [5, 5.41) is 0.855. The Morgan fingerprint density at radius 2 is 1.95 bits per heavy atom. The van der Waals surface area contributed by atoms with Crippen molar-refractivity contribution in [2.45, 2.75) is 63.7 Å². The van der Waals surface area contributed by atoms with E-state index in [-0.39, 0.29) is 6.04 Å². The number of nitrogens with two attached hydrogens (primary N) is 1. The number of rotatable bonds is 6. The van der Waals surface area contributed by atoms with Gasteiger partial charge in [0, 0.05) is 17.0 Å². The van der Waals surface area contributed by atoms with Gasteiger partial charge in [-0.05, 0) is 36.3 Å². The summed E-state index contributed by atoms with van der Waals surface area (Å²) in [6.45, 7) is 4.54. The first-order chi connectivity index (χ1) is 9.65. The minimum Gasteiger partial charge on any atom is -0.323 e. The SMILES string of the molecule is CC(C)Cc1cccc(C(N)CSC2CCCCC2)c1. The summed E-state index contributed by atoms with van der Waals surface area (Å²) in [5.74, 6) is 1.77. The van der Waals surface area contributed by atoms with E-state index in [1.807, 2.05) is 0 Å². The highest BCUT2D eigenvalue weighted by Gasteiger charge is 2.16. The fourth-order valence-corrected chi connectivity index (χ4v) is 4.33. The molecule has 0 aromatic heterocycles. The van der Waals surface area contributed by atoms with Crippen LogP contribution in [0.4, 0.5) is 0 Å². The standard InChI is InChI=1S/C18H29NS/c1-14(2)11-15-7-6-8-16(12-15)18(19)13-20-17-9-4-3-5-10-17/h6-8,12,14,17-18H,3-5,9-11,13,19H2,1-2H3. The lowest BCUT2D eigenvalue weighted by Crippen LogP contribution is -2.17. The molecule has 1 unspecified atom stereocenters. The lowest BCUT2D eigenvalue weighted by molar-refractivity contribution is 0.515. The monoisotopic (exact) mass is 291 g/mol. The summed E-state index contributed by atoms with van der Waals surface area (Å²) in [5.41, 5.74) is 9.13. The lowest BCUT2D eigenvalue weighted by Gasteiger charge is -2.23. The predicted octanol–water partition coefficient (Wildman–Crippen LogP) is 4.95. The first-order valence-electron chi connectivity index (χ1n) is 8.11. The molecule has 2 rings (SSSR count). The van der Waals surface area contributed by atoms with Crippen LogP contribution in [-0.2, 0) is 6.42 Å². The van der Waals surface area contributed by atoms with Gasteiger partial charge >= 0.3 is 0 Å². The summed E-state index contributed by atoms with van der Waals surface area (Å²) in [6, 6.07) is 9.08. The van der Waals surface area contributed by atoms with Gasteiger partial charge in [-0.1, -0.05) is 57.4 Å². The van der Waals surface area contributed by atoms with Crippen molar-refractivity contribution in [1.82, 2.24) is 0 Å². The number of hydrogen-bond donors (Lipinski definition) is 1. The number of thioether (sulfide) groups is 1. The summed E-state index contributed by atoms with van der Waals surface area (Å²) in [4.78, 5) is 0. The van der Waals surface area contributed by atoms with Crippen LogP contribution >= 0.6 is 11.8 Å². The largest absolute Gasteiger partial charge is 0.323 e. The van der Waals surface area contributed by atoms with Crippen LogP contribution in [0.3, 0.4) is 0 Å². The fraction of sp³-hybridized carbons (Fsp3) is 0.667. The number of benzene rings is 1. The Kier molecular flexibility index (Phi) is 6.44. The molecule has 1 atom stereocenters. The van der Waals surface area contributed by atoms with Gasteiger partial charge < -0.3 is 5.73 Å². The summed E-state index contributed by atoms with van der Waals surface area (Å²) in [6.07, 6.45) is 8.19. The summed E-state index contributed by atoms with van der Waals surface area (Å²) >= 11 is 2.10. The zero-order valence-electron chi connectivity index (χ0n) is 13.0. The van der Waals surface area contributed by atoms with E-state index in [0.717, 1.165) is 17.4 Å². The highest BCUT2D eigenvalue weighted by Crippen LogP contribution is 2.30. The molecule has 1 aromatic carbocycles. The van der Waals surface area contributed by atoms with Crippen molar-refractivity contribution in [3.63, 3.8) is 0 Å². The summed E-state index contributed by atoms with van der Waals surface area (Å²) < 4.78 is 0. The molecule has 2 heteroatoms. The maximum atomic E-state index is 6.39. The van der Waals surface area contributed by atoms with Crippen LogP contribution in [0.1, 0.15) is 63.1 Å².